The van der Waals surface area contributed by atoms with Crippen LogP contribution in [0.5, 0.6) is 0 Å². The minimum absolute atomic E-state index is 0.226. The molecule has 9 aromatic carbocycles. The fourth-order valence-electron chi connectivity index (χ4n) is 9.56. The normalized spacial score (nSPS) is 13.6. The van der Waals surface area contributed by atoms with Gasteiger partial charge < -0.3 is 8.98 Å². The van der Waals surface area contributed by atoms with Crippen LogP contribution in [0.2, 0.25) is 0 Å². The summed E-state index contributed by atoms with van der Waals surface area (Å²) in [6.07, 6.45) is 0.938. The van der Waals surface area contributed by atoms with E-state index in [4.69, 9.17) is 4.42 Å². The van der Waals surface area contributed by atoms with Gasteiger partial charge in [-0.05, 0) is 128 Å². The second kappa shape index (κ2) is 13.1. The van der Waals surface area contributed by atoms with E-state index < -0.39 is 0 Å². The zero-order chi connectivity index (χ0) is 38.2. The number of aromatic nitrogens is 1. The van der Waals surface area contributed by atoms with Gasteiger partial charge in [-0.3, -0.25) is 0 Å². The Hall–Kier alpha value is -7.42. The third kappa shape index (κ3) is 5.26. The van der Waals surface area contributed by atoms with E-state index in [0.717, 1.165) is 33.9 Å². The molecule has 2 heteroatoms. The SMILES string of the molecule is c1ccc(-c2cccc(C3Cc4ccc(-c5ccc6c(c5)oc5ccccc56)cc4-c4cc(-c5ccc6c(c5)c5ccccc5n6-c5ccccc5)ccc43)c2)cc1. The number of furan rings is 1. The molecule has 0 saturated carbocycles. The maximum absolute atomic E-state index is 6.34. The average molecular weight is 740 g/mol. The highest BCUT2D eigenvalue weighted by molar-refractivity contribution is 6.10. The Kier molecular flexibility index (Phi) is 7.39. The molecule has 0 fully saturated rings. The summed E-state index contributed by atoms with van der Waals surface area (Å²) < 4.78 is 8.72. The van der Waals surface area contributed by atoms with Crippen LogP contribution in [0.1, 0.15) is 22.6 Å². The fraction of sp³-hybridized carbons (Fsp3) is 0.0357. The fourth-order valence-corrected chi connectivity index (χ4v) is 9.56. The Balaban J connectivity index is 1.02. The third-order valence-electron chi connectivity index (χ3n) is 12.4. The number of benzene rings is 9. The van der Waals surface area contributed by atoms with Gasteiger partial charge in [0.2, 0.25) is 0 Å². The van der Waals surface area contributed by atoms with Gasteiger partial charge in [-0.1, -0.05) is 146 Å². The van der Waals surface area contributed by atoms with Crippen LogP contribution >= 0.6 is 0 Å². The van der Waals surface area contributed by atoms with E-state index in [2.05, 4.69) is 199 Å². The molecule has 0 saturated heterocycles. The van der Waals surface area contributed by atoms with Crippen molar-refractivity contribution < 1.29 is 4.42 Å². The van der Waals surface area contributed by atoms with Crippen LogP contribution in [-0.4, -0.2) is 4.57 Å². The number of fused-ring (bicyclic) bond motifs is 9. The molecule has 2 aromatic heterocycles. The predicted molar refractivity (Wildman–Crippen MR) is 242 cm³/mol. The number of hydrogen-bond acceptors (Lipinski definition) is 1. The summed E-state index contributed by atoms with van der Waals surface area (Å²) in [6, 6.07) is 75.6. The molecule has 58 heavy (non-hydrogen) atoms. The molecule has 0 N–H and O–H groups in total. The molecule has 12 rings (SSSR count). The van der Waals surface area contributed by atoms with E-state index in [0.29, 0.717) is 0 Å². The monoisotopic (exact) mass is 739 g/mol. The van der Waals surface area contributed by atoms with Gasteiger partial charge in [0, 0.05) is 33.2 Å². The quantitative estimate of drug-likeness (QED) is 0.172. The first kappa shape index (κ1) is 32.8. The molecule has 1 atom stereocenters. The van der Waals surface area contributed by atoms with Crippen LogP contribution in [0.25, 0.3) is 93.9 Å². The molecule has 2 heterocycles. The largest absolute Gasteiger partial charge is 0.456 e. The standard InChI is InChI=1S/C56H37NO/c1-3-12-36(13-4-1)37-14-11-15-42(30-37)49-34-43-23-22-38(41-25-28-48-47-19-8-10-21-55(47)58-56(48)35-41)31-50(43)51-32-39(24-27-45(49)51)40-26-29-54-52(33-40)46-18-7-9-20-53(46)57(54)44-16-5-2-6-17-44/h1-33,35,49H,34H2. The van der Waals surface area contributed by atoms with E-state index in [1.165, 1.54) is 83.1 Å². The van der Waals surface area contributed by atoms with Crippen LogP contribution in [0, 0.1) is 0 Å². The lowest BCUT2D eigenvalue weighted by Gasteiger charge is -2.30. The van der Waals surface area contributed by atoms with Crippen molar-refractivity contribution in [2.24, 2.45) is 0 Å². The number of nitrogens with zero attached hydrogens (tertiary/aromatic N) is 1. The topological polar surface area (TPSA) is 18.1 Å². The zero-order valence-corrected chi connectivity index (χ0v) is 31.8. The van der Waals surface area contributed by atoms with Crippen molar-refractivity contribution in [3.8, 4) is 50.2 Å². The van der Waals surface area contributed by atoms with Crippen LogP contribution in [0.4, 0.5) is 0 Å². The van der Waals surface area contributed by atoms with Crippen molar-refractivity contribution in [2.45, 2.75) is 12.3 Å². The summed E-state index contributed by atoms with van der Waals surface area (Å²) >= 11 is 0. The van der Waals surface area contributed by atoms with E-state index in [-0.39, 0.29) is 5.92 Å². The van der Waals surface area contributed by atoms with Gasteiger partial charge in [-0.2, -0.15) is 0 Å². The molecule has 0 aliphatic heterocycles. The molecule has 1 unspecified atom stereocenters. The lowest BCUT2D eigenvalue weighted by Crippen LogP contribution is -2.13. The Morgan fingerprint density at radius 2 is 1.00 bits per heavy atom. The van der Waals surface area contributed by atoms with E-state index in [9.17, 15) is 0 Å². The summed E-state index contributed by atoms with van der Waals surface area (Å²) in [4.78, 5) is 0. The van der Waals surface area contributed by atoms with Gasteiger partial charge in [0.1, 0.15) is 11.2 Å². The molecule has 2 nitrogen and oxygen atoms in total. The maximum Gasteiger partial charge on any atom is 0.136 e. The zero-order valence-electron chi connectivity index (χ0n) is 31.8. The number of hydrogen-bond donors (Lipinski definition) is 0. The summed E-state index contributed by atoms with van der Waals surface area (Å²) in [5, 5.41) is 4.82. The summed E-state index contributed by atoms with van der Waals surface area (Å²) in [5.74, 6) is 0.226. The molecular weight excluding hydrogens is 703 g/mol. The second-order valence-corrected chi connectivity index (χ2v) is 15.7. The molecule has 272 valence electrons. The number of rotatable bonds is 5. The van der Waals surface area contributed by atoms with Crippen molar-refractivity contribution in [1.29, 1.82) is 0 Å². The molecule has 0 amide bonds. The van der Waals surface area contributed by atoms with Crippen molar-refractivity contribution in [2.75, 3.05) is 0 Å². The van der Waals surface area contributed by atoms with Crippen LogP contribution in [0.15, 0.2) is 211 Å². The Morgan fingerprint density at radius 1 is 0.379 bits per heavy atom. The van der Waals surface area contributed by atoms with Crippen molar-refractivity contribution >= 4 is 43.7 Å². The smallest absolute Gasteiger partial charge is 0.136 e. The van der Waals surface area contributed by atoms with Gasteiger partial charge in [0.05, 0.1) is 11.0 Å². The third-order valence-corrected chi connectivity index (χ3v) is 12.4. The number of para-hydroxylation sites is 3. The van der Waals surface area contributed by atoms with Gasteiger partial charge in [-0.25, -0.2) is 0 Å². The van der Waals surface area contributed by atoms with Crippen LogP contribution in [0.3, 0.4) is 0 Å². The van der Waals surface area contributed by atoms with Gasteiger partial charge in [0.15, 0.2) is 0 Å². The second-order valence-electron chi connectivity index (χ2n) is 15.7. The average Bonchev–Trinajstić information content (AvgIpc) is 3.84. The predicted octanol–water partition coefficient (Wildman–Crippen LogP) is 15.0. The molecule has 0 bridgehead atoms. The van der Waals surface area contributed by atoms with Gasteiger partial charge >= 0.3 is 0 Å². The summed E-state index contributed by atoms with van der Waals surface area (Å²) in [7, 11) is 0. The minimum Gasteiger partial charge on any atom is -0.456 e. The van der Waals surface area contributed by atoms with Crippen molar-refractivity contribution in [3.63, 3.8) is 0 Å². The maximum atomic E-state index is 6.34. The summed E-state index contributed by atoms with van der Waals surface area (Å²) in [5.41, 5.74) is 19.4. The minimum atomic E-state index is 0.226. The molecular formula is C56H37NO. The molecule has 0 radical (unpaired) electrons. The Labute approximate surface area is 336 Å². The van der Waals surface area contributed by atoms with E-state index in [1.807, 2.05) is 12.1 Å². The van der Waals surface area contributed by atoms with Gasteiger partial charge in [-0.15, -0.1) is 0 Å². The van der Waals surface area contributed by atoms with Gasteiger partial charge in [0.25, 0.3) is 0 Å². The van der Waals surface area contributed by atoms with Crippen LogP contribution < -0.4 is 0 Å². The van der Waals surface area contributed by atoms with Crippen LogP contribution in [-0.2, 0) is 6.42 Å². The first-order valence-corrected chi connectivity index (χ1v) is 20.2. The highest BCUT2D eigenvalue weighted by atomic mass is 16.3. The highest BCUT2D eigenvalue weighted by Gasteiger charge is 2.27. The Morgan fingerprint density at radius 3 is 1.88 bits per heavy atom. The summed E-state index contributed by atoms with van der Waals surface area (Å²) in [6.45, 7) is 0. The molecule has 11 aromatic rings. The lowest BCUT2D eigenvalue weighted by atomic mass is 9.74. The van der Waals surface area contributed by atoms with E-state index in [1.54, 1.807) is 0 Å². The lowest BCUT2D eigenvalue weighted by molar-refractivity contribution is 0.669. The highest BCUT2D eigenvalue weighted by Crippen LogP contribution is 2.47. The molecule has 1 aliphatic carbocycles. The van der Waals surface area contributed by atoms with Crippen molar-refractivity contribution in [1.82, 2.24) is 4.57 Å². The molecule has 0 spiro atoms. The van der Waals surface area contributed by atoms with Crippen molar-refractivity contribution in [3.05, 3.63) is 223 Å². The first-order chi connectivity index (χ1) is 28.7. The van der Waals surface area contributed by atoms with E-state index >= 15 is 0 Å². The first-order valence-electron chi connectivity index (χ1n) is 20.2. The molecule has 1 aliphatic rings. The Bertz CT molecular complexity index is 3370.